The van der Waals surface area contributed by atoms with E-state index in [0.717, 1.165) is 22.2 Å². The number of benzene rings is 1. The fourth-order valence-electron chi connectivity index (χ4n) is 2.53. The summed E-state index contributed by atoms with van der Waals surface area (Å²) in [5, 5.41) is 4.51. The van der Waals surface area contributed by atoms with E-state index in [0.29, 0.717) is 0 Å². The minimum Gasteiger partial charge on any atom is -0.469 e. The second-order valence-electron chi connectivity index (χ2n) is 4.58. The number of fused-ring (bicyclic) bond motifs is 1. The third kappa shape index (κ3) is 2.02. The molecule has 0 bridgehead atoms. The number of hydrogen-bond donors (Lipinski definition) is 1. The summed E-state index contributed by atoms with van der Waals surface area (Å²) in [4.78, 5) is 4.52. The lowest BCUT2D eigenvalue weighted by Crippen LogP contribution is -2.18. The van der Waals surface area contributed by atoms with Crippen molar-refractivity contribution < 1.29 is 4.42 Å². The second kappa shape index (κ2) is 4.86. The number of para-hydroxylation sites is 1. The summed E-state index contributed by atoms with van der Waals surface area (Å²) in [5.41, 5.74) is 3.36. The van der Waals surface area contributed by atoms with E-state index >= 15 is 0 Å². The summed E-state index contributed by atoms with van der Waals surface area (Å²) >= 11 is 0. The van der Waals surface area contributed by atoms with E-state index in [1.807, 2.05) is 32.3 Å². The number of nitrogens with zero attached hydrogens (tertiary/aromatic N) is 1. The molecule has 3 nitrogen and oxygen atoms in total. The van der Waals surface area contributed by atoms with Crippen LogP contribution in [0, 0.1) is 6.92 Å². The number of pyridine rings is 1. The molecule has 2 aromatic heterocycles. The maximum absolute atomic E-state index is 5.42. The zero-order chi connectivity index (χ0) is 13.2. The Morgan fingerprint density at radius 2 is 1.95 bits per heavy atom. The molecule has 0 aliphatic carbocycles. The Hall–Kier alpha value is -2.13. The van der Waals surface area contributed by atoms with Crippen molar-refractivity contribution >= 4 is 10.9 Å². The minimum absolute atomic E-state index is 0.0948. The van der Waals surface area contributed by atoms with E-state index in [1.54, 1.807) is 6.26 Å². The van der Waals surface area contributed by atoms with Gasteiger partial charge in [0.05, 0.1) is 17.8 Å². The largest absolute Gasteiger partial charge is 0.469 e. The Kier molecular flexibility index (Phi) is 3.05. The first-order chi connectivity index (χ1) is 9.31. The molecular formula is C16H16N2O. The van der Waals surface area contributed by atoms with Crippen LogP contribution in [0.4, 0.5) is 0 Å². The highest BCUT2D eigenvalue weighted by atomic mass is 16.3. The maximum Gasteiger partial charge on any atom is 0.105 e. The van der Waals surface area contributed by atoms with Crippen LogP contribution in [-0.2, 0) is 0 Å². The summed E-state index contributed by atoms with van der Waals surface area (Å²) in [5.74, 6) is 0.937. The molecule has 19 heavy (non-hydrogen) atoms. The molecule has 0 aliphatic heterocycles. The molecule has 3 rings (SSSR count). The van der Waals surface area contributed by atoms with E-state index in [1.165, 1.54) is 5.56 Å². The normalized spacial score (nSPS) is 12.7. The molecule has 0 fully saturated rings. The summed E-state index contributed by atoms with van der Waals surface area (Å²) in [6, 6.07) is 12.4. The van der Waals surface area contributed by atoms with Crippen LogP contribution in [0.1, 0.15) is 22.9 Å². The van der Waals surface area contributed by atoms with Crippen LogP contribution in [0.15, 0.2) is 53.3 Å². The first-order valence-electron chi connectivity index (χ1n) is 6.36. The van der Waals surface area contributed by atoms with Gasteiger partial charge in [0.25, 0.3) is 0 Å². The molecule has 0 saturated heterocycles. The van der Waals surface area contributed by atoms with Gasteiger partial charge in [-0.15, -0.1) is 0 Å². The summed E-state index contributed by atoms with van der Waals surface area (Å²) < 4.78 is 5.42. The lowest BCUT2D eigenvalue weighted by Gasteiger charge is -2.17. The Bertz CT molecular complexity index is 697. The Labute approximate surface area is 112 Å². The molecule has 0 aliphatic rings. The van der Waals surface area contributed by atoms with E-state index in [2.05, 4.69) is 34.6 Å². The molecule has 1 atom stereocenters. The van der Waals surface area contributed by atoms with E-state index < -0.39 is 0 Å². The van der Waals surface area contributed by atoms with Crippen LogP contribution >= 0.6 is 0 Å². The molecular weight excluding hydrogens is 236 g/mol. The molecule has 0 radical (unpaired) electrons. The Morgan fingerprint density at radius 3 is 2.68 bits per heavy atom. The average Bonchev–Trinajstić information content (AvgIpc) is 2.86. The molecule has 2 heterocycles. The Morgan fingerprint density at radius 1 is 1.11 bits per heavy atom. The molecule has 1 N–H and O–H groups in total. The van der Waals surface area contributed by atoms with Gasteiger partial charge in [0.2, 0.25) is 0 Å². The van der Waals surface area contributed by atoms with Gasteiger partial charge in [-0.05, 0) is 31.7 Å². The molecule has 1 aromatic carbocycles. The first kappa shape index (κ1) is 11.9. The van der Waals surface area contributed by atoms with Crippen molar-refractivity contribution in [1.82, 2.24) is 10.3 Å². The zero-order valence-corrected chi connectivity index (χ0v) is 11.1. The predicted octanol–water partition coefficient (Wildman–Crippen LogP) is 3.45. The van der Waals surface area contributed by atoms with E-state index in [-0.39, 0.29) is 6.04 Å². The third-order valence-electron chi connectivity index (χ3n) is 3.47. The van der Waals surface area contributed by atoms with Crippen molar-refractivity contribution in [2.24, 2.45) is 0 Å². The topological polar surface area (TPSA) is 38.1 Å². The lowest BCUT2D eigenvalue weighted by molar-refractivity contribution is 0.523. The highest BCUT2D eigenvalue weighted by molar-refractivity contribution is 5.82. The molecule has 3 aromatic rings. The molecule has 0 amide bonds. The predicted molar refractivity (Wildman–Crippen MR) is 76.1 cm³/mol. The van der Waals surface area contributed by atoms with Crippen molar-refractivity contribution in [1.29, 1.82) is 0 Å². The fraction of sp³-hybridized carbons (Fsp3) is 0.188. The van der Waals surface area contributed by atoms with Gasteiger partial charge in [0.15, 0.2) is 0 Å². The summed E-state index contributed by atoms with van der Waals surface area (Å²) in [6.07, 6.45) is 3.56. The Balaban J connectivity index is 2.20. The van der Waals surface area contributed by atoms with Crippen molar-refractivity contribution in [2.75, 3.05) is 7.05 Å². The molecule has 96 valence electrons. The van der Waals surface area contributed by atoms with Gasteiger partial charge in [-0.25, -0.2) is 0 Å². The smallest absolute Gasteiger partial charge is 0.105 e. The number of nitrogens with one attached hydrogen (secondary N) is 1. The second-order valence-corrected chi connectivity index (χ2v) is 4.58. The first-order valence-corrected chi connectivity index (χ1v) is 6.36. The van der Waals surface area contributed by atoms with E-state index in [9.17, 15) is 0 Å². The lowest BCUT2D eigenvalue weighted by atomic mass is 9.97. The summed E-state index contributed by atoms with van der Waals surface area (Å²) in [6.45, 7) is 1.98. The van der Waals surface area contributed by atoms with Crippen molar-refractivity contribution in [3.8, 4) is 0 Å². The SMILES string of the molecule is CNC(c1ccoc1C)c1cccc2cccnc12. The van der Waals surface area contributed by atoms with Gasteiger partial charge in [-0.3, -0.25) is 4.98 Å². The van der Waals surface area contributed by atoms with Crippen molar-refractivity contribution in [2.45, 2.75) is 13.0 Å². The molecule has 0 spiro atoms. The monoisotopic (exact) mass is 252 g/mol. The van der Waals surface area contributed by atoms with Gasteiger partial charge in [0, 0.05) is 17.1 Å². The van der Waals surface area contributed by atoms with Gasteiger partial charge < -0.3 is 9.73 Å². The zero-order valence-electron chi connectivity index (χ0n) is 11.1. The highest BCUT2D eigenvalue weighted by Gasteiger charge is 2.18. The van der Waals surface area contributed by atoms with Gasteiger partial charge in [-0.1, -0.05) is 24.3 Å². The van der Waals surface area contributed by atoms with Crippen molar-refractivity contribution in [3.05, 3.63) is 65.7 Å². The molecule has 0 saturated carbocycles. The third-order valence-corrected chi connectivity index (χ3v) is 3.47. The highest BCUT2D eigenvalue weighted by Crippen LogP contribution is 2.29. The quantitative estimate of drug-likeness (QED) is 0.776. The molecule has 1 unspecified atom stereocenters. The van der Waals surface area contributed by atoms with Crippen LogP contribution < -0.4 is 5.32 Å². The standard InChI is InChI=1S/C16H16N2O/c1-11-13(8-10-19-11)16(17-2)14-7-3-5-12-6-4-9-18-15(12)14/h3-10,16-17H,1-2H3. The van der Waals surface area contributed by atoms with Crippen LogP contribution in [0.3, 0.4) is 0 Å². The van der Waals surface area contributed by atoms with Gasteiger partial charge in [0.1, 0.15) is 5.76 Å². The van der Waals surface area contributed by atoms with E-state index in [4.69, 9.17) is 4.42 Å². The van der Waals surface area contributed by atoms with Gasteiger partial charge in [-0.2, -0.15) is 0 Å². The summed E-state index contributed by atoms with van der Waals surface area (Å²) in [7, 11) is 1.96. The van der Waals surface area contributed by atoms with Crippen LogP contribution in [0.25, 0.3) is 10.9 Å². The van der Waals surface area contributed by atoms with Crippen molar-refractivity contribution in [3.63, 3.8) is 0 Å². The minimum atomic E-state index is 0.0948. The fourth-order valence-corrected chi connectivity index (χ4v) is 2.53. The number of aryl methyl sites for hydroxylation is 1. The maximum atomic E-state index is 5.42. The molecule has 3 heteroatoms. The van der Waals surface area contributed by atoms with Crippen LogP contribution in [-0.4, -0.2) is 12.0 Å². The number of aromatic nitrogens is 1. The number of furan rings is 1. The average molecular weight is 252 g/mol. The number of hydrogen-bond acceptors (Lipinski definition) is 3. The number of rotatable bonds is 3. The van der Waals surface area contributed by atoms with Crippen LogP contribution in [0.2, 0.25) is 0 Å². The van der Waals surface area contributed by atoms with Crippen LogP contribution in [0.5, 0.6) is 0 Å². The van der Waals surface area contributed by atoms with Gasteiger partial charge >= 0.3 is 0 Å².